The lowest BCUT2D eigenvalue weighted by atomic mass is 9.78. The molecule has 1 heterocycles. The van der Waals surface area contributed by atoms with E-state index in [9.17, 15) is 8.78 Å². The SMILES string of the molecule is Cc1cccc(N2CCC(CN)(C(F)F)CC2)c1. The molecule has 4 heteroatoms. The highest BCUT2D eigenvalue weighted by Crippen LogP contribution is 2.37. The summed E-state index contributed by atoms with van der Waals surface area (Å²) < 4.78 is 26.1. The number of rotatable bonds is 3. The Labute approximate surface area is 107 Å². The van der Waals surface area contributed by atoms with E-state index in [1.165, 1.54) is 5.56 Å². The molecule has 1 saturated heterocycles. The fourth-order valence-electron chi connectivity index (χ4n) is 2.55. The standard InChI is InChI=1S/C14H20F2N2/c1-11-3-2-4-12(9-11)18-7-5-14(10-17,6-8-18)13(15)16/h2-4,9,13H,5-8,10,17H2,1H3. The predicted octanol–water partition coefficient (Wildman–Crippen LogP) is 2.81. The van der Waals surface area contributed by atoms with E-state index in [2.05, 4.69) is 11.0 Å². The second kappa shape index (κ2) is 5.22. The Balaban J connectivity index is 2.06. The van der Waals surface area contributed by atoms with Gasteiger partial charge < -0.3 is 10.6 Å². The van der Waals surface area contributed by atoms with Gasteiger partial charge in [-0.3, -0.25) is 0 Å². The molecular formula is C14H20F2N2. The van der Waals surface area contributed by atoms with Crippen LogP contribution in [0.2, 0.25) is 0 Å². The van der Waals surface area contributed by atoms with Gasteiger partial charge in [0.25, 0.3) is 0 Å². The Morgan fingerprint density at radius 1 is 1.33 bits per heavy atom. The van der Waals surface area contributed by atoms with Crippen molar-refractivity contribution in [1.82, 2.24) is 0 Å². The Morgan fingerprint density at radius 3 is 2.50 bits per heavy atom. The molecule has 0 unspecified atom stereocenters. The molecule has 0 aliphatic carbocycles. The first-order chi connectivity index (χ1) is 8.57. The van der Waals surface area contributed by atoms with E-state index >= 15 is 0 Å². The van der Waals surface area contributed by atoms with Gasteiger partial charge in [0, 0.05) is 30.7 Å². The van der Waals surface area contributed by atoms with Gasteiger partial charge in [-0.2, -0.15) is 0 Å². The van der Waals surface area contributed by atoms with Gasteiger partial charge in [-0.25, -0.2) is 8.78 Å². The predicted molar refractivity (Wildman–Crippen MR) is 70.1 cm³/mol. The molecule has 0 spiro atoms. The topological polar surface area (TPSA) is 29.3 Å². The molecule has 100 valence electrons. The number of nitrogens with zero attached hydrogens (tertiary/aromatic N) is 1. The summed E-state index contributed by atoms with van der Waals surface area (Å²) in [4.78, 5) is 2.17. The van der Waals surface area contributed by atoms with E-state index in [0.717, 1.165) is 5.69 Å². The van der Waals surface area contributed by atoms with E-state index < -0.39 is 11.8 Å². The molecule has 1 aliphatic heterocycles. The third kappa shape index (κ3) is 2.48. The molecule has 1 aliphatic rings. The Kier molecular flexibility index (Phi) is 3.85. The zero-order valence-electron chi connectivity index (χ0n) is 10.7. The maximum absolute atomic E-state index is 13.1. The number of hydrogen-bond acceptors (Lipinski definition) is 2. The van der Waals surface area contributed by atoms with Crippen molar-refractivity contribution in [3.05, 3.63) is 29.8 Å². The van der Waals surface area contributed by atoms with Gasteiger partial charge in [-0.15, -0.1) is 0 Å². The lowest BCUT2D eigenvalue weighted by molar-refractivity contribution is -0.0160. The normalized spacial score (nSPS) is 19.3. The molecule has 0 saturated carbocycles. The highest BCUT2D eigenvalue weighted by molar-refractivity contribution is 5.48. The summed E-state index contributed by atoms with van der Waals surface area (Å²) in [6.45, 7) is 3.43. The average molecular weight is 254 g/mol. The minimum absolute atomic E-state index is 0.0757. The van der Waals surface area contributed by atoms with E-state index in [0.29, 0.717) is 25.9 Å². The molecule has 0 amide bonds. The average Bonchev–Trinajstić information content (AvgIpc) is 2.38. The summed E-state index contributed by atoms with van der Waals surface area (Å²) in [6, 6.07) is 8.17. The van der Waals surface area contributed by atoms with Crippen LogP contribution < -0.4 is 10.6 Å². The molecule has 2 rings (SSSR count). The molecule has 2 N–H and O–H groups in total. The van der Waals surface area contributed by atoms with Crippen LogP contribution in [-0.4, -0.2) is 26.1 Å². The zero-order chi connectivity index (χ0) is 13.2. The van der Waals surface area contributed by atoms with Gasteiger partial charge >= 0.3 is 0 Å². The van der Waals surface area contributed by atoms with Crippen LogP contribution in [-0.2, 0) is 0 Å². The van der Waals surface area contributed by atoms with Crippen molar-refractivity contribution in [2.24, 2.45) is 11.1 Å². The summed E-state index contributed by atoms with van der Waals surface area (Å²) >= 11 is 0. The Morgan fingerprint density at radius 2 is 2.00 bits per heavy atom. The lowest BCUT2D eigenvalue weighted by Gasteiger charge is -2.41. The molecule has 18 heavy (non-hydrogen) atoms. The summed E-state index contributed by atoms with van der Waals surface area (Å²) in [6.07, 6.45) is -1.38. The largest absolute Gasteiger partial charge is 0.371 e. The highest BCUT2D eigenvalue weighted by atomic mass is 19.3. The van der Waals surface area contributed by atoms with Gasteiger partial charge in [0.1, 0.15) is 0 Å². The van der Waals surface area contributed by atoms with Crippen molar-refractivity contribution in [2.75, 3.05) is 24.5 Å². The molecule has 0 bridgehead atoms. The van der Waals surface area contributed by atoms with Crippen LogP contribution in [0.1, 0.15) is 18.4 Å². The van der Waals surface area contributed by atoms with E-state index in [-0.39, 0.29) is 6.54 Å². The van der Waals surface area contributed by atoms with E-state index in [1.54, 1.807) is 0 Å². The number of hydrogen-bond donors (Lipinski definition) is 1. The van der Waals surface area contributed by atoms with Crippen LogP contribution >= 0.6 is 0 Å². The minimum atomic E-state index is -2.32. The molecule has 1 fully saturated rings. The monoisotopic (exact) mass is 254 g/mol. The van der Waals surface area contributed by atoms with Crippen molar-refractivity contribution in [2.45, 2.75) is 26.2 Å². The van der Waals surface area contributed by atoms with Gasteiger partial charge in [-0.1, -0.05) is 12.1 Å². The first-order valence-corrected chi connectivity index (χ1v) is 6.37. The number of halogens is 2. The number of nitrogens with two attached hydrogens (primary N) is 1. The molecular weight excluding hydrogens is 234 g/mol. The number of anilines is 1. The number of aryl methyl sites for hydroxylation is 1. The van der Waals surface area contributed by atoms with Gasteiger partial charge in [0.2, 0.25) is 6.43 Å². The number of piperidine rings is 1. The van der Waals surface area contributed by atoms with Crippen LogP contribution in [0.25, 0.3) is 0 Å². The summed E-state index contributed by atoms with van der Waals surface area (Å²) in [7, 11) is 0. The van der Waals surface area contributed by atoms with Crippen LogP contribution in [0.15, 0.2) is 24.3 Å². The Hall–Kier alpha value is -1.16. The van der Waals surface area contributed by atoms with Crippen molar-refractivity contribution >= 4 is 5.69 Å². The smallest absolute Gasteiger partial charge is 0.245 e. The minimum Gasteiger partial charge on any atom is -0.371 e. The molecule has 0 aromatic heterocycles. The maximum atomic E-state index is 13.1. The first-order valence-electron chi connectivity index (χ1n) is 6.37. The zero-order valence-corrected chi connectivity index (χ0v) is 10.7. The van der Waals surface area contributed by atoms with Gasteiger partial charge in [0.05, 0.1) is 0 Å². The van der Waals surface area contributed by atoms with Crippen molar-refractivity contribution in [1.29, 1.82) is 0 Å². The molecule has 0 atom stereocenters. The third-order valence-electron chi connectivity index (χ3n) is 4.00. The number of benzene rings is 1. The Bertz CT molecular complexity index is 399. The first kappa shape index (κ1) is 13.3. The maximum Gasteiger partial charge on any atom is 0.245 e. The fraction of sp³-hybridized carbons (Fsp3) is 0.571. The summed E-state index contributed by atoms with van der Waals surface area (Å²) in [5, 5.41) is 0. The molecule has 2 nitrogen and oxygen atoms in total. The van der Waals surface area contributed by atoms with Crippen LogP contribution in [0.4, 0.5) is 14.5 Å². The van der Waals surface area contributed by atoms with Crippen LogP contribution in [0.5, 0.6) is 0 Å². The molecule has 1 aromatic carbocycles. The third-order valence-corrected chi connectivity index (χ3v) is 4.00. The van der Waals surface area contributed by atoms with Crippen LogP contribution in [0.3, 0.4) is 0 Å². The van der Waals surface area contributed by atoms with E-state index in [4.69, 9.17) is 5.73 Å². The van der Waals surface area contributed by atoms with Gasteiger partial charge in [-0.05, 0) is 37.5 Å². The lowest BCUT2D eigenvalue weighted by Crippen LogP contribution is -2.48. The van der Waals surface area contributed by atoms with Crippen molar-refractivity contribution in [3.63, 3.8) is 0 Å². The van der Waals surface area contributed by atoms with Crippen LogP contribution in [0, 0.1) is 12.3 Å². The second-order valence-corrected chi connectivity index (χ2v) is 5.19. The summed E-state index contributed by atoms with van der Waals surface area (Å²) in [5.74, 6) is 0. The van der Waals surface area contributed by atoms with Gasteiger partial charge in [0.15, 0.2) is 0 Å². The van der Waals surface area contributed by atoms with Crippen molar-refractivity contribution < 1.29 is 8.78 Å². The quantitative estimate of drug-likeness (QED) is 0.898. The number of alkyl halides is 2. The highest BCUT2D eigenvalue weighted by Gasteiger charge is 2.41. The fourth-order valence-corrected chi connectivity index (χ4v) is 2.55. The second-order valence-electron chi connectivity index (χ2n) is 5.19. The van der Waals surface area contributed by atoms with Crippen molar-refractivity contribution in [3.8, 4) is 0 Å². The van der Waals surface area contributed by atoms with E-state index in [1.807, 2.05) is 25.1 Å². The molecule has 0 radical (unpaired) electrons. The molecule has 1 aromatic rings. The summed E-state index contributed by atoms with van der Waals surface area (Å²) in [5.41, 5.74) is 6.89.